The van der Waals surface area contributed by atoms with Crippen molar-refractivity contribution >= 4 is 34.4 Å². The number of amides is 2. The van der Waals surface area contributed by atoms with Gasteiger partial charge in [0.05, 0.1) is 35.5 Å². The van der Waals surface area contributed by atoms with Crippen LogP contribution < -0.4 is 14.8 Å². The summed E-state index contributed by atoms with van der Waals surface area (Å²) in [6, 6.07) is 5.94. The highest BCUT2D eigenvalue weighted by Crippen LogP contribution is 2.39. The smallest absolute Gasteiger partial charge is 0.416 e. The summed E-state index contributed by atoms with van der Waals surface area (Å²) in [5.74, 6) is -0.513. The zero-order valence-corrected chi connectivity index (χ0v) is 25.6. The molecule has 2 amide bonds. The number of nitrogens with one attached hydrogen (secondary N) is 1. The molecule has 2 aromatic carbocycles. The Balaban J connectivity index is 1.74. The van der Waals surface area contributed by atoms with Crippen LogP contribution >= 0.6 is 22.6 Å². The molecule has 0 radical (unpaired) electrons. The summed E-state index contributed by atoms with van der Waals surface area (Å²) >= 11 is 2.00. The molecule has 234 valence electrons. The second-order valence-electron chi connectivity index (χ2n) is 10.5. The van der Waals surface area contributed by atoms with Crippen LogP contribution in [-0.2, 0) is 17.6 Å². The predicted molar refractivity (Wildman–Crippen MR) is 159 cm³/mol. The highest BCUT2D eigenvalue weighted by Gasteiger charge is 2.44. The number of hydrogen-bond donors (Lipinski definition) is 4. The molecule has 0 aliphatic heterocycles. The van der Waals surface area contributed by atoms with Gasteiger partial charge in [0.1, 0.15) is 12.2 Å². The van der Waals surface area contributed by atoms with Crippen LogP contribution in [0.25, 0.3) is 0 Å². The van der Waals surface area contributed by atoms with E-state index < -0.39 is 41.8 Å². The Morgan fingerprint density at radius 2 is 1.79 bits per heavy atom. The van der Waals surface area contributed by atoms with Gasteiger partial charge in [0.25, 0.3) is 5.91 Å². The fourth-order valence-corrected chi connectivity index (χ4v) is 6.38. The number of nitrogens with zero attached hydrogens (tertiary/aromatic N) is 1. The van der Waals surface area contributed by atoms with Crippen molar-refractivity contribution in [2.45, 2.75) is 69.2 Å². The summed E-state index contributed by atoms with van der Waals surface area (Å²) in [5, 5.41) is 33.2. The normalized spacial score (nSPS) is 20.8. The molecule has 2 aromatic rings. The number of benzene rings is 2. The molecule has 0 heterocycles. The molecule has 0 saturated heterocycles. The Kier molecular flexibility index (Phi) is 11.0. The number of carbonyl (C=O) groups excluding carboxylic acids is 2. The SMILES string of the molecule is COc1cc(CO)cc(I)c1O[C@H]1C=C(C(=O)NCCO)C[C@@H](N(C(=O)c2ccc(C(F)(F)F)cc2)C2CCCC2)[C@@H]1O. The minimum atomic E-state index is -4.56. The maximum atomic E-state index is 14.0. The van der Waals surface area contributed by atoms with Crippen molar-refractivity contribution in [3.05, 3.63) is 68.3 Å². The van der Waals surface area contributed by atoms with Crippen LogP contribution in [0, 0.1) is 3.57 Å². The van der Waals surface area contributed by atoms with E-state index in [1.165, 1.54) is 18.1 Å². The van der Waals surface area contributed by atoms with Crippen molar-refractivity contribution in [1.29, 1.82) is 0 Å². The first-order valence-electron chi connectivity index (χ1n) is 13.9. The first kappa shape index (κ1) is 33.0. The summed E-state index contributed by atoms with van der Waals surface area (Å²) in [4.78, 5) is 28.6. The van der Waals surface area contributed by atoms with E-state index in [9.17, 15) is 38.1 Å². The van der Waals surface area contributed by atoms with Gasteiger partial charge in [-0.25, -0.2) is 0 Å². The van der Waals surface area contributed by atoms with Gasteiger partial charge in [0, 0.05) is 30.1 Å². The highest BCUT2D eigenvalue weighted by molar-refractivity contribution is 14.1. The van der Waals surface area contributed by atoms with Gasteiger partial charge in [-0.3, -0.25) is 9.59 Å². The number of aliphatic hydroxyl groups excluding tert-OH is 3. The van der Waals surface area contributed by atoms with Crippen molar-refractivity contribution < 1.29 is 47.6 Å². The van der Waals surface area contributed by atoms with Crippen molar-refractivity contribution in [1.82, 2.24) is 10.2 Å². The van der Waals surface area contributed by atoms with Gasteiger partial charge in [0.15, 0.2) is 11.5 Å². The van der Waals surface area contributed by atoms with E-state index in [1.807, 2.05) is 22.6 Å². The van der Waals surface area contributed by atoms with Crippen LogP contribution in [-0.4, -0.2) is 76.6 Å². The maximum absolute atomic E-state index is 14.0. The Hall–Kier alpha value is -2.88. The van der Waals surface area contributed by atoms with E-state index in [2.05, 4.69) is 5.32 Å². The van der Waals surface area contributed by atoms with Crippen molar-refractivity contribution in [2.24, 2.45) is 0 Å². The molecule has 1 fully saturated rings. The highest BCUT2D eigenvalue weighted by atomic mass is 127. The second kappa shape index (κ2) is 14.3. The Bertz CT molecular complexity index is 1330. The Morgan fingerprint density at radius 1 is 1.12 bits per heavy atom. The molecule has 0 spiro atoms. The van der Waals surface area contributed by atoms with Gasteiger partial charge in [-0.15, -0.1) is 0 Å². The molecule has 1 saturated carbocycles. The summed E-state index contributed by atoms with van der Waals surface area (Å²) in [7, 11) is 1.42. The van der Waals surface area contributed by atoms with Gasteiger partial charge >= 0.3 is 6.18 Å². The summed E-state index contributed by atoms with van der Waals surface area (Å²) in [6.07, 6.45) is -2.67. The van der Waals surface area contributed by atoms with E-state index in [4.69, 9.17) is 9.47 Å². The molecule has 4 rings (SSSR count). The Morgan fingerprint density at radius 3 is 2.37 bits per heavy atom. The van der Waals surface area contributed by atoms with E-state index in [0.29, 0.717) is 27.7 Å². The third-order valence-corrected chi connectivity index (χ3v) is 8.51. The van der Waals surface area contributed by atoms with Gasteiger partial charge in [0.2, 0.25) is 5.91 Å². The maximum Gasteiger partial charge on any atom is 0.416 e. The third kappa shape index (κ3) is 7.62. The summed E-state index contributed by atoms with van der Waals surface area (Å²) < 4.78 is 51.9. The number of halogens is 4. The fraction of sp³-hybridized carbons (Fsp3) is 0.467. The van der Waals surface area contributed by atoms with Crippen LogP contribution in [0.3, 0.4) is 0 Å². The number of rotatable bonds is 10. The zero-order chi connectivity index (χ0) is 31.3. The minimum Gasteiger partial charge on any atom is -0.493 e. The standard InChI is InChI=1S/C30H34F3IN2O7/c1-42-25-13-17(16-38)12-22(34)27(25)43-24-15-19(28(40)35-10-11-37)14-23(26(24)39)36(21-4-2-3-5-21)29(41)18-6-8-20(9-7-18)30(31,32)33/h6-9,12-13,15,21,23-24,26,37-39H,2-5,10-11,14,16H2,1H3,(H,35,40)/t23-,24+,26+/m1/s1. The molecular formula is C30H34F3IN2O7. The number of ether oxygens (including phenoxy) is 2. The molecule has 4 N–H and O–H groups in total. The predicted octanol–water partition coefficient (Wildman–Crippen LogP) is 3.81. The molecule has 13 heteroatoms. The van der Waals surface area contributed by atoms with Crippen LogP contribution in [0.5, 0.6) is 11.5 Å². The van der Waals surface area contributed by atoms with Gasteiger partial charge < -0.3 is 35.0 Å². The molecule has 2 aliphatic carbocycles. The van der Waals surface area contributed by atoms with Gasteiger partial charge in [-0.1, -0.05) is 12.8 Å². The van der Waals surface area contributed by atoms with Crippen LogP contribution in [0.4, 0.5) is 13.2 Å². The first-order chi connectivity index (χ1) is 20.5. The Labute approximate surface area is 260 Å². The first-order valence-corrected chi connectivity index (χ1v) is 15.0. The largest absolute Gasteiger partial charge is 0.493 e. The van der Waals surface area contributed by atoms with Gasteiger partial charge in [-0.05, 0) is 83.5 Å². The molecule has 9 nitrogen and oxygen atoms in total. The molecule has 3 atom stereocenters. The lowest BCUT2D eigenvalue weighted by Crippen LogP contribution is -2.57. The topological polar surface area (TPSA) is 129 Å². The average Bonchev–Trinajstić information content (AvgIpc) is 3.52. The van der Waals surface area contributed by atoms with E-state index in [0.717, 1.165) is 37.1 Å². The number of methoxy groups -OCH3 is 1. The molecule has 2 aliphatic rings. The van der Waals surface area contributed by atoms with Crippen LogP contribution in [0.15, 0.2) is 48.0 Å². The van der Waals surface area contributed by atoms with E-state index in [-0.39, 0.29) is 49.1 Å². The van der Waals surface area contributed by atoms with Crippen LogP contribution in [0.2, 0.25) is 0 Å². The lowest BCUT2D eigenvalue weighted by Gasteiger charge is -2.43. The molecule has 0 unspecified atom stereocenters. The van der Waals surface area contributed by atoms with Crippen molar-refractivity contribution in [3.63, 3.8) is 0 Å². The van der Waals surface area contributed by atoms with E-state index >= 15 is 0 Å². The lowest BCUT2D eigenvalue weighted by molar-refractivity contribution is -0.137. The van der Waals surface area contributed by atoms with E-state index in [1.54, 1.807) is 12.1 Å². The fourth-order valence-electron chi connectivity index (χ4n) is 5.58. The van der Waals surface area contributed by atoms with Gasteiger partial charge in [-0.2, -0.15) is 13.2 Å². The number of alkyl halides is 3. The number of carbonyl (C=O) groups is 2. The monoisotopic (exact) mass is 718 g/mol. The summed E-state index contributed by atoms with van der Waals surface area (Å²) in [5.41, 5.74) is -0.0619. The molecule has 43 heavy (non-hydrogen) atoms. The zero-order valence-electron chi connectivity index (χ0n) is 23.4. The third-order valence-electron chi connectivity index (χ3n) is 7.71. The quantitative estimate of drug-likeness (QED) is 0.275. The minimum absolute atomic E-state index is 0.0138. The lowest BCUT2D eigenvalue weighted by atomic mass is 9.86. The van der Waals surface area contributed by atoms with Crippen molar-refractivity contribution in [3.8, 4) is 11.5 Å². The number of aliphatic hydroxyl groups is 3. The van der Waals surface area contributed by atoms with Crippen molar-refractivity contribution in [2.75, 3.05) is 20.3 Å². The van der Waals surface area contributed by atoms with Crippen LogP contribution in [0.1, 0.15) is 53.6 Å². The second-order valence-corrected chi connectivity index (χ2v) is 11.7. The molecular weight excluding hydrogens is 684 g/mol. The number of hydrogen-bond acceptors (Lipinski definition) is 7. The molecule has 0 bridgehead atoms. The average molecular weight is 719 g/mol. The summed E-state index contributed by atoms with van der Waals surface area (Å²) in [6.45, 7) is -0.545. The molecule has 0 aromatic heterocycles.